The summed E-state index contributed by atoms with van der Waals surface area (Å²) in [4.78, 5) is 27.4. The zero-order valence-corrected chi connectivity index (χ0v) is 15.4. The standard InChI is InChI=1S/C21H19N3O5/c25-18(11-10-15-6-4-7-16(14-15)24(27)28)19(20-22-12-5-13-23-20)21(26)29-17-8-2-1-3-9-17/h1-4,6-11,14,25H,5,12-13H2,(H,22,23)/b11-10+,19-18?. The SMILES string of the molecule is O=C(Oc1ccccc1)C(C1=NCCCN1)=C(O)/C=C/c1cccc([N+](=O)[O-])c1. The van der Waals surface area contributed by atoms with Crippen molar-refractivity contribution in [3.63, 3.8) is 0 Å². The van der Waals surface area contributed by atoms with Crippen LogP contribution in [0.1, 0.15) is 12.0 Å². The molecule has 0 atom stereocenters. The molecule has 2 aromatic carbocycles. The Morgan fingerprint density at radius 1 is 1.21 bits per heavy atom. The van der Waals surface area contributed by atoms with Crippen molar-refractivity contribution >= 4 is 23.6 Å². The number of amidine groups is 1. The monoisotopic (exact) mass is 393 g/mol. The number of aliphatic hydroxyl groups is 1. The Hall–Kier alpha value is -3.94. The van der Waals surface area contributed by atoms with Crippen molar-refractivity contribution in [1.29, 1.82) is 0 Å². The van der Waals surface area contributed by atoms with E-state index in [9.17, 15) is 20.0 Å². The van der Waals surface area contributed by atoms with Crippen LogP contribution >= 0.6 is 0 Å². The fourth-order valence-electron chi connectivity index (χ4n) is 2.67. The summed E-state index contributed by atoms with van der Waals surface area (Å²) in [7, 11) is 0. The molecule has 0 radical (unpaired) electrons. The molecule has 0 unspecified atom stereocenters. The highest BCUT2D eigenvalue weighted by atomic mass is 16.6. The molecule has 29 heavy (non-hydrogen) atoms. The summed E-state index contributed by atoms with van der Waals surface area (Å²) in [5.41, 5.74) is 0.327. The van der Waals surface area contributed by atoms with Crippen LogP contribution in [0.15, 0.2) is 77.0 Å². The van der Waals surface area contributed by atoms with Crippen LogP contribution in [0.5, 0.6) is 5.75 Å². The summed E-state index contributed by atoms with van der Waals surface area (Å²) in [6.45, 7) is 1.13. The number of allylic oxidation sites excluding steroid dienone is 1. The molecule has 1 heterocycles. The molecule has 0 aliphatic carbocycles. The number of nitro groups is 1. The lowest BCUT2D eigenvalue weighted by Crippen LogP contribution is -2.35. The maximum absolute atomic E-state index is 12.7. The fourth-order valence-corrected chi connectivity index (χ4v) is 2.67. The molecule has 0 spiro atoms. The normalized spacial score (nSPS) is 14.6. The second-order valence-corrected chi connectivity index (χ2v) is 6.16. The van der Waals surface area contributed by atoms with Crippen LogP contribution in [0.4, 0.5) is 5.69 Å². The maximum atomic E-state index is 12.7. The first-order chi connectivity index (χ1) is 14.0. The van der Waals surface area contributed by atoms with E-state index in [0.717, 1.165) is 6.42 Å². The minimum Gasteiger partial charge on any atom is -0.507 e. The summed E-state index contributed by atoms with van der Waals surface area (Å²) < 4.78 is 5.35. The first-order valence-corrected chi connectivity index (χ1v) is 8.96. The van der Waals surface area contributed by atoms with Gasteiger partial charge < -0.3 is 15.2 Å². The quantitative estimate of drug-likeness (QED) is 0.148. The van der Waals surface area contributed by atoms with E-state index >= 15 is 0 Å². The average Bonchev–Trinajstić information content (AvgIpc) is 2.74. The van der Waals surface area contributed by atoms with Crippen LogP contribution in [0.2, 0.25) is 0 Å². The lowest BCUT2D eigenvalue weighted by molar-refractivity contribution is -0.384. The molecular formula is C21H19N3O5. The Balaban J connectivity index is 1.92. The van der Waals surface area contributed by atoms with Crippen LogP contribution in [0.25, 0.3) is 6.08 Å². The van der Waals surface area contributed by atoms with Crippen molar-refractivity contribution in [2.24, 2.45) is 4.99 Å². The lowest BCUT2D eigenvalue weighted by Gasteiger charge is -2.17. The second kappa shape index (κ2) is 9.32. The third kappa shape index (κ3) is 5.29. The summed E-state index contributed by atoms with van der Waals surface area (Å²) >= 11 is 0. The number of esters is 1. The summed E-state index contributed by atoms with van der Waals surface area (Å²) in [6, 6.07) is 14.4. The van der Waals surface area contributed by atoms with Gasteiger partial charge in [0.25, 0.3) is 5.69 Å². The number of nitrogens with one attached hydrogen (secondary N) is 1. The van der Waals surface area contributed by atoms with E-state index in [-0.39, 0.29) is 22.9 Å². The van der Waals surface area contributed by atoms with E-state index in [1.54, 1.807) is 36.4 Å². The van der Waals surface area contributed by atoms with Crippen LogP contribution in [0, 0.1) is 10.1 Å². The molecule has 3 rings (SSSR count). The molecule has 8 nitrogen and oxygen atoms in total. The number of aliphatic imine (C=N–C) groups is 1. The number of hydrogen-bond acceptors (Lipinski definition) is 7. The Labute approximate surface area is 167 Å². The van der Waals surface area contributed by atoms with E-state index in [1.807, 2.05) is 0 Å². The molecule has 0 saturated heterocycles. The van der Waals surface area contributed by atoms with Crippen LogP contribution in [-0.2, 0) is 4.79 Å². The highest BCUT2D eigenvalue weighted by Gasteiger charge is 2.24. The van der Waals surface area contributed by atoms with E-state index in [0.29, 0.717) is 24.4 Å². The minimum atomic E-state index is -0.759. The van der Waals surface area contributed by atoms with Gasteiger partial charge in [-0.1, -0.05) is 36.4 Å². The van der Waals surface area contributed by atoms with Crippen molar-refractivity contribution in [3.8, 4) is 5.75 Å². The zero-order chi connectivity index (χ0) is 20.6. The van der Waals surface area contributed by atoms with Gasteiger partial charge in [-0.05, 0) is 30.2 Å². The van der Waals surface area contributed by atoms with Gasteiger partial charge >= 0.3 is 5.97 Å². The van der Waals surface area contributed by atoms with Gasteiger partial charge in [0.15, 0.2) is 0 Å². The van der Waals surface area contributed by atoms with Crippen molar-refractivity contribution in [1.82, 2.24) is 5.32 Å². The molecule has 0 aromatic heterocycles. The van der Waals surface area contributed by atoms with Gasteiger partial charge in [0.1, 0.15) is 22.9 Å². The molecule has 0 amide bonds. The van der Waals surface area contributed by atoms with Crippen molar-refractivity contribution in [3.05, 3.63) is 87.7 Å². The predicted molar refractivity (Wildman–Crippen MR) is 109 cm³/mol. The number of carbonyl (C=O) groups excluding carboxylic acids is 1. The number of ether oxygens (including phenoxy) is 1. The molecule has 0 fully saturated rings. The number of carbonyl (C=O) groups is 1. The Kier molecular flexibility index (Phi) is 6.36. The summed E-state index contributed by atoms with van der Waals surface area (Å²) in [5, 5.41) is 24.5. The average molecular weight is 393 g/mol. The molecule has 0 bridgehead atoms. The Morgan fingerprint density at radius 2 is 2.00 bits per heavy atom. The molecule has 148 valence electrons. The van der Waals surface area contributed by atoms with Gasteiger partial charge in [-0.25, -0.2) is 4.79 Å². The molecule has 2 aromatic rings. The molecule has 1 aliphatic heterocycles. The van der Waals surface area contributed by atoms with Gasteiger partial charge in [0, 0.05) is 25.2 Å². The van der Waals surface area contributed by atoms with E-state index in [4.69, 9.17) is 4.74 Å². The summed E-state index contributed by atoms with van der Waals surface area (Å²) in [5.74, 6) is -0.531. The van der Waals surface area contributed by atoms with Gasteiger partial charge in [0.05, 0.1) is 4.92 Å². The van der Waals surface area contributed by atoms with Gasteiger partial charge in [-0.2, -0.15) is 0 Å². The van der Waals surface area contributed by atoms with Gasteiger partial charge in [0.2, 0.25) is 0 Å². The second-order valence-electron chi connectivity index (χ2n) is 6.16. The molecule has 8 heteroatoms. The molecular weight excluding hydrogens is 374 g/mol. The largest absolute Gasteiger partial charge is 0.507 e. The van der Waals surface area contributed by atoms with Gasteiger partial charge in [-0.3, -0.25) is 15.1 Å². The third-order valence-corrected chi connectivity index (χ3v) is 4.06. The Morgan fingerprint density at radius 3 is 2.69 bits per heavy atom. The number of non-ortho nitro benzene ring substituents is 1. The molecule has 0 saturated carbocycles. The van der Waals surface area contributed by atoms with Crippen LogP contribution in [-0.4, -0.2) is 34.9 Å². The fraction of sp³-hybridized carbons (Fsp3) is 0.143. The molecule has 2 N–H and O–H groups in total. The van der Waals surface area contributed by atoms with E-state index in [2.05, 4.69) is 10.3 Å². The Bertz CT molecular complexity index is 996. The summed E-state index contributed by atoms with van der Waals surface area (Å²) in [6.07, 6.45) is 3.58. The highest BCUT2D eigenvalue weighted by Crippen LogP contribution is 2.18. The first kappa shape index (κ1) is 19.8. The predicted octanol–water partition coefficient (Wildman–Crippen LogP) is 3.42. The first-order valence-electron chi connectivity index (χ1n) is 8.96. The topological polar surface area (TPSA) is 114 Å². The number of nitro benzene ring substituents is 1. The number of rotatable bonds is 6. The number of aliphatic hydroxyl groups excluding tert-OH is 1. The van der Waals surface area contributed by atoms with Crippen molar-refractivity contribution in [2.75, 3.05) is 13.1 Å². The van der Waals surface area contributed by atoms with Gasteiger partial charge in [-0.15, -0.1) is 0 Å². The zero-order valence-electron chi connectivity index (χ0n) is 15.4. The smallest absolute Gasteiger partial charge is 0.351 e. The number of para-hydroxylation sites is 1. The van der Waals surface area contributed by atoms with Crippen LogP contribution < -0.4 is 10.1 Å². The van der Waals surface area contributed by atoms with E-state index in [1.165, 1.54) is 30.4 Å². The highest BCUT2D eigenvalue weighted by molar-refractivity contribution is 6.20. The van der Waals surface area contributed by atoms with Crippen LogP contribution in [0.3, 0.4) is 0 Å². The lowest BCUT2D eigenvalue weighted by atomic mass is 10.1. The van der Waals surface area contributed by atoms with E-state index < -0.39 is 10.9 Å². The molecule has 1 aliphatic rings. The van der Waals surface area contributed by atoms with Crippen molar-refractivity contribution < 1.29 is 19.6 Å². The minimum absolute atomic E-state index is 0.0716. The van der Waals surface area contributed by atoms with Crippen molar-refractivity contribution in [2.45, 2.75) is 6.42 Å². The number of nitrogens with zero attached hydrogens (tertiary/aromatic N) is 2. The number of benzene rings is 2. The number of hydrogen-bond donors (Lipinski definition) is 2. The third-order valence-electron chi connectivity index (χ3n) is 4.06. The maximum Gasteiger partial charge on any atom is 0.351 e.